The fraction of sp³-hybridized carbons (Fsp3) is 0.250. The summed E-state index contributed by atoms with van der Waals surface area (Å²) in [6, 6.07) is 13.2. The van der Waals surface area contributed by atoms with Crippen molar-refractivity contribution in [3.63, 3.8) is 0 Å². The minimum Gasteiger partial charge on any atom is -0.507 e. The van der Waals surface area contributed by atoms with E-state index >= 15 is 0 Å². The van der Waals surface area contributed by atoms with Crippen molar-refractivity contribution in [3.8, 4) is 11.5 Å². The van der Waals surface area contributed by atoms with Gasteiger partial charge in [0, 0.05) is 29.1 Å². The van der Waals surface area contributed by atoms with Crippen molar-refractivity contribution in [1.82, 2.24) is 4.98 Å². The molecule has 0 aliphatic carbocycles. The standard InChI is InChI=1S/C28H25F3N2O5/c1-27(2,3)19-14-16(11-12-21(19)37-4)24(34)22-23(20-10-5-6-13-32-20)33(26(36)25(22)35)17-8-7-9-18(15-17)38-28(29,30)31/h5-15,23,34H,1-4H3/b24-22-. The highest BCUT2D eigenvalue weighted by Gasteiger charge is 2.48. The van der Waals surface area contributed by atoms with E-state index in [0.29, 0.717) is 5.75 Å². The molecule has 1 aromatic heterocycles. The molecule has 1 atom stereocenters. The van der Waals surface area contributed by atoms with E-state index in [9.17, 15) is 27.9 Å². The van der Waals surface area contributed by atoms with Gasteiger partial charge in [-0.05, 0) is 47.9 Å². The number of methoxy groups -OCH3 is 1. The smallest absolute Gasteiger partial charge is 0.507 e. The topological polar surface area (TPSA) is 89.0 Å². The number of aliphatic hydroxyl groups excluding tert-OH is 1. The number of aromatic nitrogens is 1. The Kier molecular flexibility index (Phi) is 6.92. The Labute approximate surface area is 217 Å². The zero-order chi connectivity index (χ0) is 27.8. The molecule has 0 spiro atoms. The van der Waals surface area contributed by atoms with E-state index in [1.54, 1.807) is 36.4 Å². The van der Waals surface area contributed by atoms with Crippen LogP contribution in [0.1, 0.15) is 43.6 Å². The molecular formula is C28H25F3N2O5. The summed E-state index contributed by atoms with van der Waals surface area (Å²) in [5.41, 5.74) is 0.593. The molecule has 0 saturated carbocycles. The molecule has 1 fully saturated rings. The van der Waals surface area contributed by atoms with Crippen LogP contribution in [0.4, 0.5) is 18.9 Å². The highest BCUT2D eigenvalue weighted by molar-refractivity contribution is 6.51. The molecule has 1 amide bonds. The van der Waals surface area contributed by atoms with Crippen LogP contribution in [0.15, 0.2) is 72.4 Å². The number of hydrogen-bond donors (Lipinski definition) is 1. The molecule has 1 saturated heterocycles. The monoisotopic (exact) mass is 526 g/mol. The van der Waals surface area contributed by atoms with Crippen molar-refractivity contribution in [3.05, 3.63) is 89.3 Å². The molecule has 198 valence electrons. The van der Waals surface area contributed by atoms with Crippen LogP contribution < -0.4 is 14.4 Å². The molecular weight excluding hydrogens is 501 g/mol. The van der Waals surface area contributed by atoms with Crippen LogP contribution in [0.25, 0.3) is 5.76 Å². The van der Waals surface area contributed by atoms with E-state index in [1.165, 1.54) is 25.4 Å². The molecule has 10 heteroatoms. The summed E-state index contributed by atoms with van der Waals surface area (Å²) < 4.78 is 48.0. The Morgan fingerprint density at radius 1 is 1.00 bits per heavy atom. The van der Waals surface area contributed by atoms with Gasteiger partial charge in [0.15, 0.2) is 0 Å². The largest absolute Gasteiger partial charge is 0.573 e. The van der Waals surface area contributed by atoms with Gasteiger partial charge >= 0.3 is 6.36 Å². The van der Waals surface area contributed by atoms with Crippen molar-refractivity contribution < 1.29 is 37.3 Å². The van der Waals surface area contributed by atoms with E-state index in [2.05, 4.69) is 9.72 Å². The van der Waals surface area contributed by atoms with Gasteiger partial charge in [0.05, 0.1) is 18.4 Å². The fourth-order valence-corrected chi connectivity index (χ4v) is 4.34. The number of benzene rings is 2. The molecule has 1 aliphatic rings. The van der Waals surface area contributed by atoms with E-state index in [4.69, 9.17) is 4.74 Å². The summed E-state index contributed by atoms with van der Waals surface area (Å²) >= 11 is 0. The molecule has 1 unspecified atom stereocenters. The van der Waals surface area contributed by atoms with Crippen LogP contribution in [-0.2, 0) is 15.0 Å². The Hall–Kier alpha value is -4.34. The number of anilines is 1. The first-order chi connectivity index (χ1) is 17.8. The van der Waals surface area contributed by atoms with E-state index in [-0.39, 0.29) is 27.9 Å². The quantitative estimate of drug-likeness (QED) is 0.253. The Balaban J connectivity index is 1.91. The maximum absolute atomic E-state index is 13.3. The predicted octanol–water partition coefficient (Wildman–Crippen LogP) is 5.91. The molecule has 7 nitrogen and oxygen atoms in total. The third kappa shape index (κ3) is 5.20. The molecule has 0 radical (unpaired) electrons. The lowest BCUT2D eigenvalue weighted by Crippen LogP contribution is -2.30. The number of rotatable bonds is 5. The summed E-state index contributed by atoms with van der Waals surface area (Å²) in [5, 5.41) is 11.4. The number of halogens is 3. The van der Waals surface area contributed by atoms with Crippen LogP contribution in [0.2, 0.25) is 0 Å². The number of ether oxygens (including phenoxy) is 2. The van der Waals surface area contributed by atoms with Crippen molar-refractivity contribution in [2.24, 2.45) is 0 Å². The summed E-state index contributed by atoms with van der Waals surface area (Å²) in [5.74, 6) is -2.47. The van der Waals surface area contributed by atoms with Crippen LogP contribution in [0.3, 0.4) is 0 Å². The maximum Gasteiger partial charge on any atom is 0.573 e. The van der Waals surface area contributed by atoms with E-state index < -0.39 is 35.6 Å². The SMILES string of the molecule is COc1ccc(/C(O)=C2/C(=O)C(=O)N(c3cccc(OC(F)(F)F)c3)C2c2ccccn2)cc1C(C)(C)C. The molecule has 4 rings (SSSR count). The number of nitrogens with zero attached hydrogens (tertiary/aromatic N) is 2. The lowest BCUT2D eigenvalue weighted by molar-refractivity contribution is -0.274. The number of hydrogen-bond acceptors (Lipinski definition) is 6. The number of ketones is 1. The van der Waals surface area contributed by atoms with Gasteiger partial charge in [-0.3, -0.25) is 19.5 Å². The van der Waals surface area contributed by atoms with Gasteiger partial charge < -0.3 is 14.6 Å². The van der Waals surface area contributed by atoms with Gasteiger partial charge in [0.2, 0.25) is 0 Å². The highest BCUT2D eigenvalue weighted by Crippen LogP contribution is 2.43. The normalized spacial score (nSPS) is 17.6. The van der Waals surface area contributed by atoms with Gasteiger partial charge in [-0.15, -0.1) is 13.2 Å². The van der Waals surface area contributed by atoms with Crippen LogP contribution in [-0.4, -0.2) is 35.3 Å². The Bertz CT molecular complexity index is 1410. The van der Waals surface area contributed by atoms with Crippen LogP contribution in [0, 0.1) is 0 Å². The third-order valence-corrected chi connectivity index (χ3v) is 6.02. The first kappa shape index (κ1) is 26.7. The first-order valence-electron chi connectivity index (χ1n) is 11.6. The second-order valence-corrected chi connectivity index (χ2v) is 9.63. The number of pyridine rings is 1. The van der Waals surface area contributed by atoms with Crippen molar-refractivity contribution in [2.75, 3.05) is 12.0 Å². The number of carbonyl (C=O) groups is 2. The third-order valence-electron chi connectivity index (χ3n) is 6.02. The second-order valence-electron chi connectivity index (χ2n) is 9.63. The zero-order valence-electron chi connectivity index (χ0n) is 21.0. The average molecular weight is 527 g/mol. The van der Waals surface area contributed by atoms with Crippen LogP contribution in [0.5, 0.6) is 11.5 Å². The average Bonchev–Trinajstić information content (AvgIpc) is 3.12. The van der Waals surface area contributed by atoms with Crippen molar-refractivity contribution in [2.45, 2.75) is 38.6 Å². The fourth-order valence-electron chi connectivity index (χ4n) is 4.34. The number of alkyl halides is 3. The first-order valence-corrected chi connectivity index (χ1v) is 11.6. The molecule has 3 aromatic rings. The van der Waals surface area contributed by atoms with Gasteiger partial charge in [-0.2, -0.15) is 0 Å². The summed E-state index contributed by atoms with van der Waals surface area (Å²) in [7, 11) is 1.52. The van der Waals surface area contributed by atoms with Gasteiger partial charge in [-0.1, -0.05) is 32.9 Å². The summed E-state index contributed by atoms with van der Waals surface area (Å²) in [6.07, 6.45) is -3.50. The molecule has 38 heavy (non-hydrogen) atoms. The molecule has 1 N–H and O–H groups in total. The zero-order valence-corrected chi connectivity index (χ0v) is 21.0. The van der Waals surface area contributed by atoms with Crippen molar-refractivity contribution in [1.29, 1.82) is 0 Å². The number of aliphatic hydroxyl groups is 1. The van der Waals surface area contributed by atoms with Gasteiger partial charge in [0.1, 0.15) is 23.3 Å². The minimum absolute atomic E-state index is 0.0336. The Morgan fingerprint density at radius 3 is 2.34 bits per heavy atom. The van der Waals surface area contributed by atoms with Crippen molar-refractivity contribution >= 4 is 23.1 Å². The Morgan fingerprint density at radius 2 is 1.74 bits per heavy atom. The minimum atomic E-state index is -4.95. The van der Waals surface area contributed by atoms with E-state index in [0.717, 1.165) is 22.6 Å². The molecule has 2 heterocycles. The van der Waals surface area contributed by atoms with Gasteiger partial charge in [0.25, 0.3) is 11.7 Å². The molecule has 1 aliphatic heterocycles. The lowest BCUT2D eigenvalue weighted by atomic mass is 9.84. The second kappa shape index (κ2) is 9.85. The van der Waals surface area contributed by atoms with Gasteiger partial charge in [-0.25, -0.2) is 0 Å². The maximum atomic E-state index is 13.3. The highest BCUT2D eigenvalue weighted by atomic mass is 19.4. The van der Waals surface area contributed by atoms with Crippen LogP contribution >= 0.6 is 0 Å². The molecule has 0 bridgehead atoms. The lowest BCUT2D eigenvalue weighted by Gasteiger charge is -2.25. The molecule has 2 aromatic carbocycles. The number of Topliss-reactive ketones (excluding diaryl/α,β-unsaturated/α-hetero) is 1. The number of amides is 1. The summed E-state index contributed by atoms with van der Waals surface area (Å²) in [6.45, 7) is 5.87. The predicted molar refractivity (Wildman–Crippen MR) is 134 cm³/mol. The summed E-state index contributed by atoms with van der Waals surface area (Å²) in [4.78, 5) is 31.9. The van der Waals surface area contributed by atoms with E-state index in [1.807, 2.05) is 20.8 Å². The number of carbonyl (C=O) groups excluding carboxylic acids is 2.